The molecule has 0 bridgehead atoms. The lowest BCUT2D eigenvalue weighted by Gasteiger charge is -2.21. The van der Waals surface area contributed by atoms with Crippen LogP contribution in [0.2, 0.25) is 5.02 Å². The minimum absolute atomic E-state index is 0.0108. The van der Waals surface area contributed by atoms with Crippen LogP contribution in [-0.4, -0.2) is 12.8 Å². The van der Waals surface area contributed by atoms with E-state index in [1.54, 1.807) is 0 Å². The van der Waals surface area contributed by atoms with Gasteiger partial charge in [0.2, 0.25) is 0 Å². The topological polar surface area (TPSA) is 24.4 Å². The van der Waals surface area contributed by atoms with Crippen LogP contribution < -0.4 is 5.43 Å². The second kappa shape index (κ2) is 4.67. The predicted octanol–water partition coefficient (Wildman–Crippen LogP) is 3.31. The van der Waals surface area contributed by atoms with E-state index in [1.165, 1.54) is 0 Å². The van der Waals surface area contributed by atoms with Crippen LogP contribution in [0.5, 0.6) is 0 Å². The van der Waals surface area contributed by atoms with Crippen LogP contribution in [0, 0.1) is 5.41 Å². The van der Waals surface area contributed by atoms with E-state index in [9.17, 15) is 0 Å². The van der Waals surface area contributed by atoms with Gasteiger partial charge in [-0.2, -0.15) is 5.10 Å². The number of rotatable bonds is 2. The zero-order chi connectivity index (χ0) is 11.5. The van der Waals surface area contributed by atoms with E-state index in [1.807, 2.05) is 31.3 Å². The maximum absolute atomic E-state index is 5.85. The Morgan fingerprint density at radius 3 is 2.13 bits per heavy atom. The summed E-state index contributed by atoms with van der Waals surface area (Å²) in [7, 11) is 1.81. The molecule has 0 radical (unpaired) electrons. The third-order valence-corrected chi connectivity index (χ3v) is 2.30. The minimum atomic E-state index is 0.0108. The van der Waals surface area contributed by atoms with E-state index in [-0.39, 0.29) is 5.41 Å². The molecule has 1 rings (SSSR count). The predicted molar refractivity (Wildman–Crippen MR) is 66.5 cm³/mol. The van der Waals surface area contributed by atoms with Gasteiger partial charge >= 0.3 is 0 Å². The Morgan fingerprint density at radius 1 is 1.20 bits per heavy atom. The fraction of sp³-hybridized carbons (Fsp3) is 0.417. The van der Waals surface area contributed by atoms with Gasteiger partial charge in [0.15, 0.2) is 0 Å². The number of hydrogen-bond acceptors (Lipinski definition) is 2. The Bertz CT molecular complexity index is 347. The highest BCUT2D eigenvalue weighted by molar-refractivity contribution is 6.30. The van der Waals surface area contributed by atoms with E-state index in [2.05, 4.69) is 31.3 Å². The average Bonchev–Trinajstić information content (AvgIpc) is 2.14. The Hall–Kier alpha value is -1.02. The molecule has 82 valence electrons. The van der Waals surface area contributed by atoms with Crippen LogP contribution in [0.25, 0.3) is 0 Å². The van der Waals surface area contributed by atoms with Crippen molar-refractivity contribution in [1.29, 1.82) is 0 Å². The standard InChI is InChI=1S/C12H17ClN2/c1-12(2,3)11(15-14-4)9-5-7-10(13)8-6-9/h5-8,14H,1-4H3. The van der Waals surface area contributed by atoms with Gasteiger partial charge in [-0.05, 0) is 17.7 Å². The first-order valence-corrected chi connectivity index (χ1v) is 5.34. The van der Waals surface area contributed by atoms with Crippen LogP contribution in [0.15, 0.2) is 29.4 Å². The molecular weight excluding hydrogens is 208 g/mol. The largest absolute Gasteiger partial charge is 0.313 e. The molecule has 0 aliphatic rings. The lowest BCUT2D eigenvalue weighted by atomic mass is 9.86. The molecule has 1 aromatic carbocycles. The Balaban J connectivity index is 3.11. The molecule has 0 saturated heterocycles. The van der Waals surface area contributed by atoms with Crippen molar-refractivity contribution in [3.8, 4) is 0 Å². The summed E-state index contributed by atoms with van der Waals surface area (Å²) in [6.45, 7) is 6.41. The van der Waals surface area contributed by atoms with Gasteiger partial charge in [0.1, 0.15) is 0 Å². The molecule has 3 heteroatoms. The second-order valence-corrected chi connectivity index (χ2v) is 4.88. The van der Waals surface area contributed by atoms with Crippen molar-refractivity contribution in [3.05, 3.63) is 34.9 Å². The third kappa shape index (κ3) is 3.24. The van der Waals surface area contributed by atoms with Gasteiger partial charge in [0, 0.05) is 17.5 Å². The maximum Gasteiger partial charge on any atom is 0.0728 e. The maximum atomic E-state index is 5.85. The second-order valence-electron chi connectivity index (χ2n) is 4.44. The summed E-state index contributed by atoms with van der Waals surface area (Å²) >= 11 is 5.85. The summed E-state index contributed by atoms with van der Waals surface area (Å²) in [5.74, 6) is 0. The fourth-order valence-electron chi connectivity index (χ4n) is 1.38. The summed E-state index contributed by atoms with van der Waals surface area (Å²) < 4.78 is 0. The molecule has 0 amide bonds. The van der Waals surface area contributed by atoms with Gasteiger partial charge < -0.3 is 5.43 Å². The molecular formula is C12H17ClN2. The molecule has 1 N–H and O–H groups in total. The number of hydrazone groups is 1. The van der Waals surface area contributed by atoms with Crippen molar-refractivity contribution < 1.29 is 0 Å². The zero-order valence-electron chi connectivity index (χ0n) is 9.63. The molecule has 2 nitrogen and oxygen atoms in total. The van der Waals surface area contributed by atoms with Gasteiger partial charge in [-0.3, -0.25) is 0 Å². The number of nitrogens with one attached hydrogen (secondary N) is 1. The highest BCUT2D eigenvalue weighted by Crippen LogP contribution is 2.22. The van der Waals surface area contributed by atoms with E-state index >= 15 is 0 Å². The quantitative estimate of drug-likeness (QED) is 0.605. The number of halogens is 1. The van der Waals surface area contributed by atoms with Crippen LogP contribution in [0.3, 0.4) is 0 Å². The monoisotopic (exact) mass is 224 g/mol. The van der Waals surface area contributed by atoms with E-state index in [0.29, 0.717) is 0 Å². The van der Waals surface area contributed by atoms with Gasteiger partial charge in [0.05, 0.1) is 5.71 Å². The summed E-state index contributed by atoms with van der Waals surface area (Å²) in [4.78, 5) is 0. The van der Waals surface area contributed by atoms with Crippen molar-refractivity contribution in [3.63, 3.8) is 0 Å². The normalized spacial score (nSPS) is 12.7. The molecule has 0 fully saturated rings. The van der Waals surface area contributed by atoms with Crippen LogP contribution >= 0.6 is 11.6 Å². The molecule has 0 atom stereocenters. The lowest BCUT2D eigenvalue weighted by molar-refractivity contribution is 0.584. The zero-order valence-corrected chi connectivity index (χ0v) is 10.4. The Morgan fingerprint density at radius 2 is 1.73 bits per heavy atom. The van der Waals surface area contributed by atoms with Crippen molar-refractivity contribution in [1.82, 2.24) is 5.43 Å². The van der Waals surface area contributed by atoms with Crippen molar-refractivity contribution >= 4 is 17.3 Å². The molecule has 0 spiro atoms. The summed E-state index contributed by atoms with van der Waals surface area (Å²) in [6, 6.07) is 7.75. The van der Waals surface area contributed by atoms with Gasteiger partial charge in [-0.15, -0.1) is 0 Å². The Kier molecular flexibility index (Phi) is 3.75. The number of hydrogen-bond donors (Lipinski definition) is 1. The van der Waals surface area contributed by atoms with E-state index in [4.69, 9.17) is 11.6 Å². The van der Waals surface area contributed by atoms with Gasteiger partial charge in [0.25, 0.3) is 0 Å². The molecule has 0 aliphatic heterocycles. The van der Waals surface area contributed by atoms with Gasteiger partial charge in [-0.25, -0.2) is 0 Å². The highest BCUT2D eigenvalue weighted by Gasteiger charge is 2.20. The molecule has 0 aliphatic carbocycles. The molecule has 15 heavy (non-hydrogen) atoms. The van der Waals surface area contributed by atoms with Crippen LogP contribution in [-0.2, 0) is 0 Å². The van der Waals surface area contributed by atoms with Gasteiger partial charge in [-0.1, -0.05) is 44.5 Å². The summed E-state index contributed by atoms with van der Waals surface area (Å²) in [5.41, 5.74) is 4.98. The smallest absolute Gasteiger partial charge is 0.0728 e. The first-order chi connectivity index (χ1) is 6.95. The summed E-state index contributed by atoms with van der Waals surface area (Å²) in [6.07, 6.45) is 0. The minimum Gasteiger partial charge on any atom is -0.313 e. The van der Waals surface area contributed by atoms with E-state index in [0.717, 1.165) is 16.3 Å². The molecule has 1 aromatic rings. The van der Waals surface area contributed by atoms with Crippen molar-refractivity contribution in [2.75, 3.05) is 7.05 Å². The highest BCUT2D eigenvalue weighted by atomic mass is 35.5. The van der Waals surface area contributed by atoms with Crippen molar-refractivity contribution in [2.24, 2.45) is 10.5 Å². The first kappa shape index (κ1) is 12.1. The fourth-order valence-corrected chi connectivity index (χ4v) is 1.51. The molecule has 0 saturated carbocycles. The van der Waals surface area contributed by atoms with Crippen molar-refractivity contribution in [2.45, 2.75) is 20.8 Å². The molecule has 0 unspecified atom stereocenters. The van der Waals surface area contributed by atoms with Crippen LogP contribution in [0.4, 0.5) is 0 Å². The SMILES string of the molecule is CNN=C(c1ccc(Cl)cc1)C(C)(C)C. The third-order valence-electron chi connectivity index (χ3n) is 2.05. The number of nitrogens with zero attached hydrogens (tertiary/aromatic N) is 1. The average molecular weight is 225 g/mol. The first-order valence-electron chi connectivity index (χ1n) is 4.96. The lowest BCUT2D eigenvalue weighted by Crippen LogP contribution is -2.23. The van der Waals surface area contributed by atoms with Crippen LogP contribution in [0.1, 0.15) is 26.3 Å². The Labute approximate surface area is 96.3 Å². The molecule has 0 aromatic heterocycles. The summed E-state index contributed by atoms with van der Waals surface area (Å²) in [5, 5.41) is 5.07. The number of benzene rings is 1. The molecule has 0 heterocycles. The van der Waals surface area contributed by atoms with E-state index < -0.39 is 0 Å².